The average molecular weight is 286 g/mol. The molecule has 0 spiro atoms. The normalized spacial score (nSPS) is 12.3. The van der Waals surface area contributed by atoms with Gasteiger partial charge in [0.15, 0.2) is 0 Å². The van der Waals surface area contributed by atoms with Crippen molar-refractivity contribution in [3.8, 4) is 0 Å². The highest BCUT2D eigenvalue weighted by molar-refractivity contribution is 9.10. The molecule has 16 heavy (non-hydrogen) atoms. The standard InChI is InChI=1S/C12H16BrNO2/c1-8(7-15)14(3)12(16)10-5-4-6-11(13)9(10)2/h4-6,8,15H,7H2,1-3H3. The molecule has 0 bridgehead atoms. The average Bonchev–Trinajstić information content (AvgIpc) is 2.29. The third kappa shape index (κ3) is 2.62. The molecular formula is C12H16BrNO2. The van der Waals surface area contributed by atoms with Crippen LogP contribution < -0.4 is 0 Å². The van der Waals surface area contributed by atoms with Crippen LogP contribution in [0.3, 0.4) is 0 Å². The van der Waals surface area contributed by atoms with E-state index in [-0.39, 0.29) is 18.6 Å². The van der Waals surface area contributed by atoms with Crippen LogP contribution in [0.4, 0.5) is 0 Å². The Bertz CT molecular complexity index is 393. The number of carbonyl (C=O) groups is 1. The number of hydrogen-bond donors (Lipinski definition) is 1. The van der Waals surface area contributed by atoms with Gasteiger partial charge in [0.05, 0.1) is 12.6 Å². The maximum absolute atomic E-state index is 12.1. The number of halogens is 1. The molecule has 1 aromatic rings. The molecule has 1 rings (SSSR count). The number of aliphatic hydroxyl groups is 1. The summed E-state index contributed by atoms with van der Waals surface area (Å²) < 4.78 is 0.920. The molecule has 0 heterocycles. The van der Waals surface area contributed by atoms with E-state index in [1.54, 1.807) is 18.0 Å². The van der Waals surface area contributed by atoms with Crippen LogP contribution in [-0.4, -0.2) is 35.6 Å². The summed E-state index contributed by atoms with van der Waals surface area (Å²) in [4.78, 5) is 13.7. The molecule has 3 nitrogen and oxygen atoms in total. The van der Waals surface area contributed by atoms with Crippen LogP contribution in [0, 0.1) is 6.92 Å². The number of nitrogens with zero attached hydrogens (tertiary/aromatic N) is 1. The minimum absolute atomic E-state index is 0.0324. The molecule has 1 N–H and O–H groups in total. The lowest BCUT2D eigenvalue weighted by molar-refractivity contribution is 0.0681. The van der Waals surface area contributed by atoms with Crippen molar-refractivity contribution in [1.82, 2.24) is 4.90 Å². The first-order chi connectivity index (χ1) is 7.49. The third-order valence-electron chi connectivity index (χ3n) is 2.74. The van der Waals surface area contributed by atoms with Gasteiger partial charge >= 0.3 is 0 Å². The van der Waals surface area contributed by atoms with Crippen LogP contribution in [0.1, 0.15) is 22.8 Å². The second-order valence-corrected chi connectivity index (χ2v) is 4.71. The molecule has 0 fully saturated rings. The molecule has 1 aromatic carbocycles. The Hall–Kier alpha value is -0.870. The first kappa shape index (κ1) is 13.2. The summed E-state index contributed by atoms with van der Waals surface area (Å²) in [5.74, 6) is -0.0691. The Balaban J connectivity index is 3.01. The van der Waals surface area contributed by atoms with E-state index < -0.39 is 0 Å². The predicted molar refractivity (Wildman–Crippen MR) is 67.5 cm³/mol. The minimum atomic E-state index is -0.175. The fourth-order valence-corrected chi connectivity index (χ4v) is 1.72. The Morgan fingerprint density at radius 1 is 1.56 bits per heavy atom. The first-order valence-corrected chi connectivity index (χ1v) is 5.91. The van der Waals surface area contributed by atoms with Crippen molar-refractivity contribution in [3.05, 3.63) is 33.8 Å². The lowest BCUT2D eigenvalue weighted by Crippen LogP contribution is -2.37. The monoisotopic (exact) mass is 285 g/mol. The summed E-state index contributed by atoms with van der Waals surface area (Å²) >= 11 is 3.40. The van der Waals surface area contributed by atoms with E-state index >= 15 is 0 Å². The van der Waals surface area contributed by atoms with E-state index in [9.17, 15) is 4.79 Å². The van der Waals surface area contributed by atoms with Crippen LogP contribution in [0.2, 0.25) is 0 Å². The van der Waals surface area contributed by atoms with Crippen LogP contribution in [0.15, 0.2) is 22.7 Å². The van der Waals surface area contributed by atoms with Crippen LogP contribution in [0.5, 0.6) is 0 Å². The van der Waals surface area contributed by atoms with Gasteiger partial charge in [-0.25, -0.2) is 0 Å². The number of carbonyl (C=O) groups excluding carboxylic acids is 1. The quantitative estimate of drug-likeness (QED) is 0.925. The van der Waals surface area contributed by atoms with Crippen molar-refractivity contribution in [2.45, 2.75) is 19.9 Å². The Kier molecular flexibility index (Phi) is 4.50. The van der Waals surface area contributed by atoms with Crippen molar-refractivity contribution in [2.75, 3.05) is 13.7 Å². The van der Waals surface area contributed by atoms with Gasteiger partial charge in [-0.15, -0.1) is 0 Å². The highest BCUT2D eigenvalue weighted by Gasteiger charge is 2.18. The van der Waals surface area contributed by atoms with Gasteiger partial charge in [-0.1, -0.05) is 22.0 Å². The molecule has 1 unspecified atom stereocenters. The lowest BCUT2D eigenvalue weighted by atomic mass is 10.1. The summed E-state index contributed by atoms with van der Waals surface area (Å²) in [5, 5.41) is 9.02. The highest BCUT2D eigenvalue weighted by Crippen LogP contribution is 2.20. The fraction of sp³-hybridized carbons (Fsp3) is 0.417. The van der Waals surface area contributed by atoms with Gasteiger partial charge in [0, 0.05) is 17.1 Å². The zero-order chi connectivity index (χ0) is 12.3. The molecule has 0 aromatic heterocycles. The number of benzene rings is 1. The molecule has 0 aliphatic rings. The predicted octanol–water partition coefficient (Wildman–Crippen LogP) is 2.21. The van der Waals surface area contributed by atoms with Crippen molar-refractivity contribution in [2.24, 2.45) is 0 Å². The van der Waals surface area contributed by atoms with Crippen LogP contribution >= 0.6 is 15.9 Å². The summed E-state index contributed by atoms with van der Waals surface area (Å²) in [7, 11) is 1.70. The van der Waals surface area contributed by atoms with Crippen molar-refractivity contribution in [1.29, 1.82) is 0 Å². The minimum Gasteiger partial charge on any atom is -0.394 e. The van der Waals surface area contributed by atoms with E-state index in [0.717, 1.165) is 10.0 Å². The summed E-state index contributed by atoms with van der Waals surface area (Å²) in [6, 6.07) is 5.36. The second-order valence-electron chi connectivity index (χ2n) is 3.86. The lowest BCUT2D eigenvalue weighted by Gasteiger charge is -2.24. The zero-order valence-electron chi connectivity index (χ0n) is 9.70. The molecule has 4 heteroatoms. The zero-order valence-corrected chi connectivity index (χ0v) is 11.3. The van der Waals surface area contributed by atoms with Gasteiger partial charge in [0.1, 0.15) is 0 Å². The Morgan fingerprint density at radius 3 is 2.75 bits per heavy atom. The van der Waals surface area contributed by atoms with Crippen LogP contribution in [0.25, 0.3) is 0 Å². The first-order valence-electron chi connectivity index (χ1n) is 5.12. The summed E-state index contributed by atoms with van der Waals surface area (Å²) in [6.45, 7) is 3.68. The number of aliphatic hydroxyl groups excluding tert-OH is 1. The maximum Gasteiger partial charge on any atom is 0.254 e. The number of hydrogen-bond acceptors (Lipinski definition) is 2. The number of rotatable bonds is 3. The molecule has 0 aliphatic heterocycles. The van der Waals surface area contributed by atoms with Crippen molar-refractivity contribution in [3.63, 3.8) is 0 Å². The fourth-order valence-electron chi connectivity index (χ4n) is 1.35. The highest BCUT2D eigenvalue weighted by atomic mass is 79.9. The Morgan fingerprint density at radius 2 is 2.19 bits per heavy atom. The van der Waals surface area contributed by atoms with Gasteiger partial charge in [-0.3, -0.25) is 4.79 Å². The topological polar surface area (TPSA) is 40.5 Å². The van der Waals surface area contributed by atoms with Crippen molar-refractivity contribution < 1.29 is 9.90 Å². The SMILES string of the molecule is Cc1c(Br)cccc1C(=O)N(C)C(C)CO. The molecule has 1 atom stereocenters. The summed E-state index contributed by atoms with van der Waals surface area (Å²) in [5.41, 5.74) is 1.58. The van der Waals surface area contributed by atoms with E-state index in [0.29, 0.717) is 5.56 Å². The van der Waals surface area contributed by atoms with E-state index in [1.807, 2.05) is 26.0 Å². The molecule has 1 amide bonds. The maximum atomic E-state index is 12.1. The van der Waals surface area contributed by atoms with Crippen molar-refractivity contribution >= 4 is 21.8 Å². The van der Waals surface area contributed by atoms with E-state index in [4.69, 9.17) is 5.11 Å². The largest absolute Gasteiger partial charge is 0.394 e. The molecule has 0 radical (unpaired) electrons. The van der Waals surface area contributed by atoms with Crippen LogP contribution in [-0.2, 0) is 0 Å². The van der Waals surface area contributed by atoms with E-state index in [2.05, 4.69) is 15.9 Å². The van der Waals surface area contributed by atoms with E-state index in [1.165, 1.54) is 0 Å². The van der Waals surface area contributed by atoms with Gasteiger partial charge in [0.25, 0.3) is 5.91 Å². The summed E-state index contributed by atoms with van der Waals surface area (Å²) in [6.07, 6.45) is 0. The number of amides is 1. The van der Waals surface area contributed by atoms with Gasteiger partial charge < -0.3 is 10.0 Å². The van der Waals surface area contributed by atoms with Gasteiger partial charge in [0.2, 0.25) is 0 Å². The van der Waals surface area contributed by atoms with Gasteiger partial charge in [-0.2, -0.15) is 0 Å². The number of likely N-dealkylation sites (N-methyl/N-ethyl adjacent to an activating group) is 1. The van der Waals surface area contributed by atoms with Gasteiger partial charge in [-0.05, 0) is 31.5 Å². The molecular weight excluding hydrogens is 270 g/mol. The molecule has 0 aliphatic carbocycles. The molecule has 0 saturated carbocycles. The molecule has 0 saturated heterocycles. The third-order valence-corrected chi connectivity index (χ3v) is 3.60. The Labute approximate surface area is 104 Å². The second kappa shape index (κ2) is 5.46. The molecule has 88 valence electrons. The smallest absolute Gasteiger partial charge is 0.254 e.